The molecule has 70 valence electrons. The summed E-state index contributed by atoms with van der Waals surface area (Å²) < 4.78 is 5.19. The lowest BCUT2D eigenvalue weighted by Crippen LogP contribution is -2.28. The van der Waals surface area contributed by atoms with Crippen molar-refractivity contribution < 1.29 is 19.4 Å². The molecule has 4 heteroatoms. The van der Waals surface area contributed by atoms with E-state index in [0.717, 1.165) is 0 Å². The summed E-state index contributed by atoms with van der Waals surface area (Å²) in [6, 6.07) is 0. The first kappa shape index (κ1) is 8.44. The Morgan fingerprint density at radius 3 is 2.38 bits per heavy atom. The Bertz CT molecular complexity index is 346. The zero-order chi connectivity index (χ0) is 10.0. The molecule has 0 aromatic rings. The van der Waals surface area contributed by atoms with E-state index in [1.54, 1.807) is 13.8 Å². The number of rotatable bonds is 1. The molecule has 13 heavy (non-hydrogen) atoms. The summed E-state index contributed by atoms with van der Waals surface area (Å²) in [5, 5.41) is 8.89. The first-order valence-electron chi connectivity index (χ1n) is 4.01. The van der Waals surface area contributed by atoms with Crippen LogP contribution in [0, 0.1) is 5.92 Å². The van der Waals surface area contributed by atoms with Gasteiger partial charge < -0.3 is 9.84 Å². The molecule has 2 rings (SSSR count). The van der Waals surface area contributed by atoms with Crippen LogP contribution in [-0.2, 0) is 14.3 Å². The van der Waals surface area contributed by atoms with Crippen LogP contribution in [0.5, 0.6) is 0 Å². The molecule has 1 saturated carbocycles. The average molecular weight is 182 g/mol. The highest BCUT2D eigenvalue weighted by Crippen LogP contribution is 2.61. The molecule has 1 saturated heterocycles. The predicted molar refractivity (Wildman–Crippen MR) is 43.2 cm³/mol. The smallest absolute Gasteiger partial charge is 0.314 e. The fourth-order valence-electron chi connectivity index (χ4n) is 2.16. The molecule has 1 N–H and O–H groups in total. The quantitative estimate of drug-likeness (QED) is 0.470. The van der Waals surface area contributed by atoms with E-state index >= 15 is 0 Å². The Kier molecular flexibility index (Phi) is 1.20. The number of epoxide rings is 1. The summed E-state index contributed by atoms with van der Waals surface area (Å²) in [7, 11) is 0. The Morgan fingerprint density at radius 2 is 2.15 bits per heavy atom. The normalized spacial score (nSPS) is 47.7. The van der Waals surface area contributed by atoms with Gasteiger partial charge in [-0.2, -0.15) is 0 Å². The Labute approximate surface area is 75.2 Å². The number of carbonyl (C=O) groups excluding carboxylic acids is 1. The van der Waals surface area contributed by atoms with Gasteiger partial charge in [0, 0.05) is 5.57 Å². The zero-order valence-corrected chi connectivity index (χ0v) is 7.46. The van der Waals surface area contributed by atoms with Gasteiger partial charge in [0.05, 0.1) is 0 Å². The second-order valence-corrected chi connectivity index (χ2v) is 3.87. The van der Waals surface area contributed by atoms with Crippen LogP contribution in [0.3, 0.4) is 0 Å². The van der Waals surface area contributed by atoms with Gasteiger partial charge in [0.25, 0.3) is 0 Å². The van der Waals surface area contributed by atoms with Crippen LogP contribution >= 0.6 is 0 Å². The van der Waals surface area contributed by atoms with Gasteiger partial charge in [0.2, 0.25) is 0 Å². The number of carboxylic acid groups (broad SMARTS) is 1. The molecule has 3 atom stereocenters. The Hall–Kier alpha value is -1.16. The van der Waals surface area contributed by atoms with E-state index < -0.39 is 23.1 Å². The van der Waals surface area contributed by atoms with Crippen LogP contribution in [0.1, 0.15) is 13.8 Å². The van der Waals surface area contributed by atoms with Crippen molar-refractivity contribution in [2.24, 2.45) is 5.92 Å². The van der Waals surface area contributed by atoms with Gasteiger partial charge in [-0.05, 0) is 13.8 Å². The van der Waals surface area contributed by atoms with Crippen molar-refractivity contribution in [2.75, 3.05) is 0 Å². The standard InChI is InChI=1S/C9H10O4/c1-4-5(7(11)12)8(2)9(3,13-8)6(4)10/h5H,1H2,2-3H3,(H,11,12)/t5-,8-,9+/m1/s1. The van der Waals surface area contributed by atoms with E-state index in [-0.39, 0.29) is 11.4 Å². The van der Waals surface area contributed by atoms with Crippen molar-refractivity contribution >= 4 is 11.8 Å². The number of hydrogen-bond acceptors (Lipinski definition) is 3. The molecule has 4 nitrogen and oxygen atoms in total. The molecule has 0 amide bonds. The van der Waals surface area contributed by atoms with Gasteiger partial charge in [-0.15, -0.1) is 0 Å². The molecule has 0 radical (unpaired) electrons. The van der Waals surface area contributed by atoms with Gasteiger partial charge >= 0.3 is 5.97 Å². The SMILES string of the molecule is C=C1C(=O)[C@]2(C)O[C@]2(C)[C@H]1C(=O)O. The van der Waals surface area contributed by atoms with Crippen molar-refractivity contribution in [1.29, 1.82) is 0 Å². The predicted octanol–water partition coefficient (Wildman–Crippen LogP) is 0.374. The third-order valence-corrected chi connectivity index (χ3v) is 3.19. The number of ether oxygens (including phenoxy) is 1. The molecule has 0 bridgehead atoms. The first-order chi connectivity index (χ1) is 5.84. The molecule has 1 aliphatic carbocycles. The van der Waals surface area contributed by atoms with E-state index in [2.05, 4.69) is 6.58 Å². The molecule has 1 aliphatic heterocycles. The van der Waals surface area contributed by atoms with Gasteiger partial charge in [0.15, 0.2) is 11.4 Å². The maximum Gasteiger partial charge on any atom is 0.314 e. The molecule has 2 fully saturated rings. The van der Waals surface area contributed by atoms with E-state index in [1.165, 1.54) is 0 Å². The zero-order valence-electron chi connectivity index (χ0n) is 7.46. The highest BCUT2D eigenvalue weighted by Gasteiger charge is 2.79. The van der Waals surface area contributed by atoms with Crippen LogP contribution in [-0.4, -0.2) is 28.1 Å². The average Bonchev–Trinajstić information content (AvgIpc) is 2.48. The molecule has 2 aliphatic rings. The van der Waals surface area contributed by atoms with Crippen LogP contribution in [0.25, 0.3) is 0 Å². The molecule has 1 heterocycles. The maximum atomic E-state index is 11.5. The van der Waals surface area contributed by atoms with E-state index in [1.807, 2.05) is 0 Å². The van der Waals surface area contributed by atoms with E-state index in [4.69, 9.17) is 9.84 Å². The van der Waals surface area contributed by atoms with E-state index in [9.17, 15) is 9.59 Å². The summed E-state index contributed by atoms with van der Waals surface area (Å²) in [6.07, 6.45) is 0. The van der Waals surface area contributed by atoms with Crippen LogP contribution in [0.2, 0.25) is 0 Å². The second-order valence-electron chi connectivity index (χ2n) is 3.87. The van der Waals surface area contributed by atoms with Crippen molar-refractivity contribution in [3.05, 3.63) is 12.2 Å². The molecular formula is C9H10O4. The fourth-order valence-corrected chi connectivity index (χ4v) is 2.16. The summed E-state index contributed by atoms with van der Waals surface area (Å²) in [6.45, 7) is 6.75. The molecule has 0 spiro atoms. The van der Waals surface area contributed by atoms with Gasteiger partial charge in [-0.3, -0.25) is 9.59 Å². The van der Waals surface area contributed by atoms with Crippen molar-refractivity contribution in [1.82, 2.24) is 0 Å². The monoisotopic (exact) mass is 182 g/mol. The second kappa shape index (κ2) is 1.85. The maximum absolute atomic E-state index is 11.5. The Balaban J connectivity index is 2.49. The van der Waals surface area contributed by atoms with Gasteiger partial charge in [0.1, 0.15) is 11.5 Å². The lowest BCUT2D eigenvalue weighted by Gasteiger charge is -2.11. The van der Waals surface area contributed by atoms with Gasteiger partial charge in [-0.25, -0.2) is 0 Å². The number of hydrogen-bond donors (Lipinski definition) is 1. The number of ketones is 1. The lowest BCUT2D eigenvalue weighted by molar-refractivity contribution is -0.143. The minimum Gasteiger partial charge on any atom is -0.481 e. The summed E-state index contributed by atoms with van der Waals surface area (Å²) in [5.41, 5.74) is -1.65. The third-order valence-electron chi connectivity index (χ3n) is 3.19. The molecule has 0 aromatic carbocycles. The number of fused-ring (bicyclic) bond motifs is 1. The van der Waals surface area contributed by atoms with Crippen molar-refractivity contribution in [2.45, 2.75) is 25.0 Å². The minimum absolute atomic E-state index is 0.156. The number of carboxylic acids is 1. The van der Waals surface area contributed by atoms with Crippen LogP contribution < -0.4 is 0 Å². The van der Waals surface area contributed by atoms with Crippen molar-refractivity contribution in [3.8, 4) is 0 Å². The molecular weight excluding hydrogens is 172 g/mol. The highest BCUT2D eigenvalue weighted by atomic mass is 16.6. The molecule has 0 aromatic heterocycles. The lowest BCUT2D eigenvalue weighted by atomic mass is 9.91. The number of Topliss-reactive ketones (excluding diaryl/α,β-unsaturated/α-hetero) is 1. The van der Waals surface area contributed by atoms with E-state index in [0.29, 0.717) is 0 Å². The highest BCUT2D eigenvalue weighted by molar-refractivity contribution is 6.12. The first-order valence-corrected chi connectivity index (χ1v) is 4.01. The van der Waals surface area contributed by atoms with Crippen LogP contribution in [0.15, 0.2) is 12.2 Å². The summed E-state index contributed by atoms with van der Waals surface area (Å²) in [4.78, 5) is 22.3. The van der Waals surface area contributed by atoms with Crippen molar-refractivity contribution in [3.63, 3.8) is 0 Å². The Morgan fingerprint density at radius 1 is 1.62 bits per heavy atom. The topological polar surface area (TPSA) is 66.9 Å². The summed E-state index contributed by atoms with van der Waals surface area (Å²) >= 11 is 0. The minimum atomic E-state index is -1.04. The fraction of sp³-hybridized carbons (Fsp3) is 0.556. The third kappa shape index (κ3) is 0.659. The largest absolute Gasteiger partial charge is 0.481 e. The summed E-state index contributed by atoms with van der Waals surface area (Å²) in [5.74, 6) is -2.20. The number of aliphatic carboxylic acids is 1. The number of carbonyl (C=O) groups is 2. The van der Waals surface area contributed by atoms with Crippen LogP contribution in [0.4, 0.5) is 0 Å². The molecule has 0 unspecified atom stereocenters. The van der Waals surface area contributed by atoms with Gasteiger partial charge in [-0.1, -0.05) is 6.58 Å².